The Balaban J connectivity index is 2.01. The normalized spacial score (nSPS) is 19.9. The second kappa shape index (κ2) is 5.63. The molecule has 0 spiro atoms. The lowest BCUT2D eigenvalue weighted by Crippen LogP contribution is -2.10. The topological polar surface area (TPSA) is 30.5 Å². The van der Waals surface area contributed by atoms with Crippen LogP contribution in [0.1, 0.15) is 20.3 Å². The van der Waals surface area contributed by atoms with Crippen molar-refractivity contribution in [3.05, 3.63) is 18.2 Å². The highest BCUT2D eigenvalue weighted by molar-refractivity contribution is 5.59. The van der Waals surface area contributed by atoms with Gasteiger partial charge in [-0.15, -0.1) is 0 Å². The zero-order valence-electron chi connectivity index (χ0n) is 11.2. The molecule has 1 aromatic carbocycles. The van der Waals surface area contributed by atoms with E-state index < -0.39 is 11.8 Å². The van der Waals surface area contributed by atoms with Crippen molar-refractivity contribution in [1.29, 1.82) is 0 Å². The van der Waals surface area contributed by atoms with Gasteiger partial charge in [-0.1, -0.05) is 0 Å². The van der Waals surface area contributed by atoms with Crippen molar-refractivity contribution in [2.24, 2.45) is 5.92 Å². The van der Waals surface area contributed by atoms with Gasteiger partial charge in [-0.2, -0.15) is 0 Å². The molecule has 0 saturated heterocycles. The molecule has 0 amide bonds. The molecule has 1 N–H and O–H groups in total. The van der Waals surface area contributed by atoms with E-state index in [0.717, 1.165) is 5.69 Å². The molecule has 0 heterocycles. The summed E-state index contributed by atoms with van der Waals surface area (Å²) < 4.78 is 36.5. The van der Waals surface area contributed by atoms with Crippen molar-refractivity contribution in [2.75, 3.05) is 25.1 Å². The number of nitrogens with one attached hydrogen (secondary N) is 1. The minimum atomic E-state index is -2.50. The zero-order valence-corrected chi connectivity index (χ0v) is 11.2. The Bertz CT molecular complexity index is 437. The Morgan fingerprint density at radius 2 is 1.95 bits per heavy atom. The number of ether oxygens (including phenoxy) is 2. The van der Waals surface area contributed by atoms with Gasteiger partial charge in [-0.05, 0) is 26.0 Å². The first-order chi connectivity index (χ1) is 9.06. The maximum atomic E-state index is 12.8. The molecule has 1 aliphatic rings. The first kappa shape index (κ1) is 13.9. The summed E-state index contributed by atoms with van der Waals surface area (Å²) in [6.45, 7) is 5.14. The number of halogens is 2. The van der Waals surface area contributed by atoms with Crippen LogP contribution in [0.2, 0.25) is 0 Å². The fourth-order valence-corrected chi connectivity index (χ4v) is 1.90. The summed E-state index contributed by atoms with van der Waals surface area (Å²) in [5.74, 6) is -1.71. The van der Waals surface area contributed by atoms with Gasteiger partial charge in [0.2, 0.25) is 0 Å². The van der Waals surface area contributed by atoms with Crippen molar-refractivity contribution in [3.8, 4) is 11.5 Å². The number of anilines is 1. The summed E-state index contributed by atoms with van der Waals surface area (Å²) in [7, 11) is 0. The van der Waals surface area contributed by atoms with Crippen molar-refractivity contribution in [3.63, 3.8) is 0 Å². The maximum Gasteiger partial charge on any atom is 0.253 e. The van der Waals surface area contributed by atoms with Crippen molar-refractivity contribution in [2.45, 2.75) is 26.2 Å². The first-order valence-electron chi connectivity index (χ1n) is 6.58. The Hall–Kier alpha value is -1.52. The second-order valence-electron chi connectivity index (χ2n) is 4.57. The van der Waals surface area contributed by atoms with Gasteiger partial charge in [-0.25, -0.2) is 8.78 Å². The van der Waals surface area contributed by atoms with Gasteiger partial charge in [0.1, 0.15) is 11.5 Å². The van der Waals surface area contributed by atoms with Crippen LogP contribution in [0.5, 0.6) is 11.5 Å². The van der Waals surface area contributed by atoms with Crippen LogP contribution in [0.3, 0.4) is 0 Å². The van der Waals surface area contributed by atoms with Crippen LogP contribution in [0.25, 0.3) is 0 Å². The molecule has 0 radical (unpaired) electrons. The van der Waals surface area contributed by atoms with Crippen LogP contribution >= 0.6 is 0 Å². The van der Waals surface area contributed by atoms with E-state index in [-0.39, 0.29) is 13.0 Å². The lowest BCUT2D eigenvalue weighted by atomic mass is 10.2. The zero-order chi connectivity index (χ0) is 13.9. The molecule has 3 nitrogen and oxygen atoms in total. The van der Waals surface area contributed by atoms with E-state index in [1.54, 1.807) is 18.2 Å². The molecule has 5 heteroatoms. The van der Waals surface area contributed by atoms with Gasteiger partial charge >= 0.3 is 0 Å². The van der Waals surface area contributed by atoms with Gasteiger partial charge in [0, 0.05) is 24.9 Å². The number of hydrogen-bond donors (Lipinski definition) is 1. The summed E-state index contributed by atoms with van der Waals surface area (Å²) in [4.78, 5) is 0. The first-order valence-corrected chi connectivity index (χ1v) is 6.58. The highest BCUT2D eigenvalue weighted by Gasteiger charge is 2.56. The average Bonchev–Trinajstić information content (AvgIpc) is 2.97. The largest absolute Gasteiger partial charge is 0.494 e. The van der Waals surface area contributed by atoms with E-state index in [1.165, 1.54) is 0 Å². The van der Waals surface area contributed by atoms with E-state index in [0.29, 0.717) is 24.7 Å². The third-order valence-corrected chi connectivity index (χ3v) is 3.06. The van der Waals surface area contributed by atoms with Crippen molar-refractivity contribution in [1.82, 2.24) is 0 Å². The summed E-state index contributed by atoms with van der Waals surface area (Å²) in [5.41, 5.74) is 0.730. The molecule has 0 aromatic heterocycles. The lowest BCUT2D eigenvalue weighted by molar-refractivity contribution is 0.101. The lowest BCUT2D eigenvalue weighted by Gasteiger charge is -2.14. The Labute approximate surface area is 111 Å². The molecule has 1 aliphatic carbocycles. The van der Waals surface area contributed by atoms with Gasteiger partial charge < -0.3 is 14.8 Å². The number of rotatable bonds is 7. The average molecular weight is 271 g/mol. The molecule has 1 saturated carbocycles. The molecular formula is C14H19F2NO2. The minimum absolute atomic E-state index is 0.0268. The van der Waals surface area contributed by atoms with Crippen molar-refractivity contribution >= 4 is 5.69 Å². The number of benzene rings is 1. The smallest absolute Gasteiger partial charge is 0.253 e. The summed E-state index contributed by atoms with van der Waals surface area (Å²) in [5, 5.41) is 3.02. The van der Waals surface area contributed by atoms with Crippen LogP contribution < -0.4 is 14.8 Å². The molecule has 106 valence electrons. The Kier molecular flexibility index (Phi) is 4.12. The van der Waals surface area contributed by atoms with E-state index in [2.05, 4.69) is 5.32 Å². The van der Waals surface area contributed by atoms with Gasteiger partial charge in [0.05, 0.1) is 18.9 Å². The molecule has 0 aliphatic heterocycles. The second-order valence-corrected chi connectivity index (χ2v) is 4.57. The molecule has 1 fully saturated rings. The standard InChI is InChI=1S/C14H19F2NO2/c1-3-18-11-5-6-12(13(7-11)19-4-2)17-9-10-8-14(10,15)16/h5-7,10,17H,3-4,8-9H2,1-2H3. The number of alkyl halides is 2. The van der Waals surface area contributed by atoms with Crippen LogP contribution in [0, 0.1) is 5.92 Å². The fraction of sp³-hybridized carbons (Fsp3) is 0.571. The van der Waals surface area contributed by atoms with Gasteiger partial charge in [0.25, 0.3) is 5.92 Å². The molecule has 1 aromatic rings. The monoisotopic (exact) mass is 271 g/mol. The van der Waals surface area contributed by atoms with Crippen LogP contribution in [-0.4, -0.2) is 25.7 Å². The Morgan fingerprint density at radius 1 is 1.26 bits per heavy atom. The third kappa shape index (κ3) is 3.49. The summed E-state index contributed by atoms with van der Waals surface area (Å²) in [6.07, 6.45) is -0.0268. The predicted molar refractivity (Wildman–Crippen MR) is 70.3 cm³/mol. The van der Waals surface area contributed by atoms with Crippen LogP contribution in [0.4, 0.5) is 14.5 Å². The molecule has 1 atom stereocenters. The molecular weight excluding hydrogens is 252 g/mol. The summed E-state index contributed by atoms with van der Waals surface area (Å²) >= 11 is 0. The molecule has 1 unspecified atom stereocenters. The minimum Gasteiger partial charge on any atom is -0.494 e. The predicted octanol–water partition coefficient (Wildman–Crippen LogP) is 3.55. The SMILES string of the molecule is CCOc1ccc(NCC2CC2(F)F)c(OCC)c1. The van der Waals surface area contributed by atoms with E-state index >= 15 is 0 Å². The van der Waals surface area contributed by atoms with Gasteiger partial charge in [0.15, 0.2) is 0 Å². The van der Waals surface area contributed by atoms with Crippen LogP contribution in [0.15, 0.2) is 18.2 Å². The van der Waals surface area contributed by atoms with E-state index in [1.807, 2.05) is 13.8 Å². The molecule has 0 bridgehead atoms. The third-order valence-electron chi connectivity index (χ3n) is 3.06. The van der Waals surface area contributed by atoms with E-state index in [4.69, 9.17) is 9.47 Å². The van der Waals surface area contributed by atoms with Crippen molar-refractivity contribution < 1.29 is 18.3 Å². The highest BCUT2D eigenvalue weighted by Crippen LogP contribution is 2.48. The summed E-state index contributed by atoms with van der Waals surface area (Å²) in [6, 6.07) is 5.39. The fourth-order valence-electron chi connectivity index (χ4n) is 1.90. The highest BCUT2D eigenvalue weighted by atomic mass is 19.3. The molecule has 19 heavy (non-hydrogen) atoms. The molecule has 2 rings (SSSR count). The quantitative estimate of drug-likeness (QED) is 0.822. The van der Waals surface area contributed by atoms with Crippen LogP contribution in [-0.2, 0) is 0 Å². The van der Waals surface area contributed by atoms with E-state index in [9.17, 15) is 8.78 Å². The number of hydrogen-bond acceptors (Lipinski definition) is 3. The maximum absolute atomic E-state index is 12.8. The van der Waals surface area contributed by atoms with Gasteiger partial charge in [-0.3, -0.25) is 0 Å². The Morgan fingerprint density at radius 3 is 2.53 bits per heavy atom.